The van der Waals surface area contributed by atoms with Crippen molar-refractivity contribution in [3.8, 4) is 22.3 Å². The van der Waals surface area contributed by atoms with E-state index >= 15 is 0 Å². The van der Waals surface area contributed by atoms with Crippen molar-refractivity contribution in [3.05, 3.63) is 153 Å². The molecular formula is C65H77BN2. The van der Waals surface area contributed by atoms with Crippen LogP contribution in [-0.2, 0) is 32.5 Å². The van der Waals surface area contributed by atoms with Crippen molar-refractivity contribution in [2.24, 2.45) is 0 Å². The van der Waals surface area contributed by atoms with Crippen molar-refractivity contribution in [2.45, 2.75) is 175 Å². The summed E-state index contributed by atoms with van der Waals surface area (Å²) in [7, 11) is 0.815. The first-order valence-electron chi connectivity index (χ1n) is 25.9. The van der Waals surface area contributed by atoms with Gasteiger partial charge in [0.25, 0.3) is 0 Å². The lowest BCUT2D eigenvalue weighted by molar-refractivity contribution is 0.332. The maximum absolute atomic E-state index is 4.32. The van der Waals surface area contributed by atoms with E-state index in [0.717, 1.165) is 13.7 Å². The third-order valence-corrected chi connectivity index (χ3v) is 18.0. The molecule has 0 unspecified atom stereocenters. The lowest BCUT2D eigenvalue weighted by Gasteiger charge is -2.44. The van der Waals surface area contributed by atoms with Gasteiger partial charge in [-0.05, 0) is 218 Å². The minimum Gasteiger partial charge on any atom is -0.355 e. The molecule has 6 aromatic carbocycles. The lowest BCUT2D eigenvalue weighted by atomic mass is 9.55. The van der Waals surface area contributed by atoms with E-state index in [-0.39, 0.29) is 32.5 Å². The molecule has 0 aromatic heterocycles. The van der Waals surface area contributed by atoms with Crippen molar-refractivity contribution in [1.82, 2.24) is 0 Å². The summed E-state index contributed by atoms with van der Waals surface area (Å²) in [6.07, 6.45) is 9.14. The molecule has 2 nitrogen and oxygen atoms in total. The zero-order valence-electron chi connectivity index (χ0n) is 44.3. The summed E-state index contributed by atoms with van der Waals surface area (Å²) < 4.78 is 0. The van der Waals surface area contributed by atoms with Gasteiger partial charge in [-0.25, -0.2) is 0 Å². The maximum Gasteiger partial charge on any atom is 0.199 e. The highest BCUT2D eigenvalue weighted by Gasteiger charge is 2.42. The molecule has 3 heteroatoms. The van der Waals surface area contributed by atoms with Gasteiger partial charge in [0.2, 0.25) is 0 Å². The number of fused-ring (bicyclic) bond motifs is 5. The second-order valence-corrected chi connectivity index (χ2v) is 25.7. The largest absolute Gasteiger partial charge is 0.355 e. The Kier molecular flexibility index (Phi) is 10.7. The zero-order valence-corrected chi connectivity index (χ0v) is 44.3. The van der Waals surface area contributed by atoms with E-state index in [1.165, 1.54) is 149 Å². The lowest BCUT2D eigenvalue weighted by Crippen LogP contribution is -2.43. The molecule has 0 spiro atoms. The van der Waals surface area contributed by atoms with Gasteiger partial charge in [-0.15, -0.1) is 0 Å². The number of rotatable bonds is 6. The fourth-order valence-corrected chi connectivity index (χ4v) is 13.1. The number of aryl methyl sites for hydroxylation is 3. The first-order valence-corrected chi connectivity index (χ1v) is 25.9. The maximum atomic E-state index is 4.32. The summed E-state index contributed by atoms with van der Waals surface area (Å²) in [5.74, 6) is 0. The van der Waals surface area contributed by atoms with Crippen molar-refractivity contribution >= 4 is 52.7 Å². The predicted octanol–water partition coefficient (Wildman–Crippen LogP) is 16.5. The summed E-state index contributed by atoms with van der Waals surface area (Å²) >= 11 is 0. The molecule has 0 fully saturated rings. The van der Waals surface area contributed by atoms with Crippen LogP contribution in [-0.4, -0.2) is 7.28 Å². The van der Waals surface area contributed by atoms with Gasteiger partial charge >= 0.3 is 0 Å². The van der Waals surface area contributed by atoms with Crippen LogP contribution in [0.15, 0.2) is 97.6 Å². The number of anilines is 5. The Labute approximate surface area is 411 Å². The molecule has 1 N–H and O–H groups in total. The van der Waals surface area contributed by atoms with Crippen LogP contribution in [0.3, 0.4) is 0 Å². The van der Waals surface area contributed by atoms with Crippen LogP contribution in [0.4, 0.5) is 28.4 Å². The molecule has 0 radical (unpaired) electrons. The quantitative estimate of drug-likeness (QED) is 0.167. The summed E-state index contributed by atoms with van der Waals surface area (Å²) in [6.45, 7) is 40.7. The number of benzene rings is 6. The molecular weight excluding hydrogens is 820 g/mol. The first-order chi connectivity index (χ1) is 31.8. The summed E-state index contributed by atoms with van der Waals surface area (Å²) in [5, 5.41) is 4.19. The van der Waals surface area contributed by atoms with Gasteiger partial charge in [0.1, 0.15) is 0 Å². The Bertz CT molecular complexity index is 3080. The number of hydrogen-bond acceptors (Lipinski definition) is 2. The topological polar surface area (TPSA) is 15.3 Å². The van der Waals surface area contributed by atoms with Gasteiger partial charge in [0.15, 0.2) is 7.28 Å². The molecule has 1 heterocycles. The molecule has 0 saturated heterocycles. The first kappa shape index (κ1) is 46.5. The third-order valence-electron chi connectivity index (χ3n) is 18.0. The molecule has 10 rings (SSSR count). The van der Waals surface area contributed by atoms with Crippen LogP contribution in [0.2, 0.25) is 0 Å². The van der Waals surface area contributed by atoms with E-state index in [1.807, 2.05) is 6.08 Å². The van der Waals surface area contributed by atoms with Gasteiger partial charge < -0.3 is 10.2 Å². The number of nitrogens with one attached hydrogen (secondary N) is 1. The standard InChI is InChI=1S/C65H77BN2/c1-17-42-20-18-19-21-44(42)57-40(3)22-25-54-59(57)66-58-46(32-39(2)33-56(58)68(54)55-38-52-48(34-41(55)4)61(7,8)28-31-65(52,15)16)45-36-50-51(64(13,14)30-29-63(50,11)12)37-53(45)67-43-23-24-47-49(35-43)62(9,10)27-26-60(47,5)6/h17-25,32-38,66-67H,1,26-31H2,2-16H3. The van der Waals surface area contributed by atoms with Crippen LogP contribution in [0.5, 0.6) is 0 Å². The summed E-state index contributed by atoms with van der Waals surface area (Å²) in [5.41, 5.74) is 28.7. The van der Waals surface area contributed by atoms with Crippen molar-refractivity contribution < 1.29 is 0 Å². The van der Waals surface area contributed by atoms with Crippen molar-refractivity contribution in [2.75, 3.05) is 10.2 Å². The molecule has 4 aliphatic rings. The van der Waals surface area contributed by atoms with Crippen molar-refractivity contribution in [3.63, 3.8) is 0 Å². The van der Waals surface area contributed by atoms with E-state index in [0.29, 0.717) is 0 Å². The SMILES string of the molecule is C=Cc1ccccc1-c1c(C)ccc2c1Bc1c(-c3cc4c(cc3Nc3ccc5c(c3)C(C)(C)CCC5(C)C)C(C)(C)CCC4(C)C)cc(C)cc1N2c1cc2c(cc1C)C(C)(C)CCC2(C)C. The minimum absolute atomic E-state index is 0.0432. The van der Waals surface area contributed by atoms with Crippen LogP contribution >= 0.6 is 0 Å². The van der Waals surface area contributed by atoms with Gasteiger partial charge in [-0.3, -0.25) is 0 Å². The van der Waals surface area contributed by atoms with Crippen LogP contribution in [0.1, 0.15) is 177 Å². The normalized spacial score (nSPS) is 19.6. The fraction of sp³-hybridized carbons (Fsp3) is 0.415. The summed E-state index contributed by atoms with van der Waals surface area (Å²) in [4.78, 5) is 2.67. The average Bonchev–Trinajstić information content (AvgIpc) is 3.27. The van der Waals surface area contributed by atoms with E-state index < -0.39 is 0 Å². The molecule has 0 atom stereocenters. The van der Waals surface area contributed by atoms with Crippen LogP contribution < -0.4 is 21.1 Å². The molecule has 68 heavy (non-hydrogen) atoms. The van der Waals surface area contributed by atoms with E-state index in [9.17, 15) is 0 Å². The third kappa shape index (κ3) is 7.43. The minimum atomic E-state index is 0.0432. The van der Waals surface area contributed by atoms with Gasteiger partial charge in [-0.2, -0.15) is 0 Å². The number of nitrogens with zero attached hydrogens (tertiary/aromatic N) is 1. The smallest absolute Gasteiger partial charge is 0.199 e. The van der Waals surface area contributed by atoms with E-state index in [1.54, 1.807) is 0 Å². The van der Waals surface area contributed by atoms with Gasteiger partial charge in [0.05, 0.1) is 0 Å². The van der Waals surface area contributed by atoms with Crippen LogP contribution in [0, 0.1) is 20.8 Å². The Morgan fingerprint density at radius 1 is 0.471 bits per heavy atom. The second kappa shape index (κ2) is 15.6. The van der Waals surface area contributed by atoms with E-state index in [2.05, 4.69) is 212 Å². The molecule has 0 bridgehead atoms. The number of hydrogen-bond donors (Lipinski definition) is 1. The summed E-state index contributed by atoms with van der Waals surface area (Å²) in [6, 6.07) is 36.3. The molecule has 350 valence electrons. The predicted molar refractivity (Wildman–Crippen MR) is 298 cm³/mol. The van der Waals surface area contributed by atoms with Crippen molar-refractivity contribution in [1.29, 1.82) is 0 Å². The zero-order chi connectivity index (χ0) is 48.7. The van der Waals surface area contributed by atoms with Gasteiger partial charge in [0, 0.05) is 34.0 Å². The molecule has 0 amide bonds. The van der Waals surface area contributed by atoms with Crippen LogP contribution in [0.25, 0.3) is 28.3 Å². The molecule has 0 saturated carbocycles. The highest BCUT2D eigenvalue weighted by Crippen LogP contribution is 2.53. The molecule has 3 aliphatic carbocycles. The Morgan fingerprint density at radius 3 is 1.63 bits per heavy atom. The molecule has 1 aliphatic heterocycles. The second-order valence-electron chi connectivity index (χ2n) is 25.7. The van der Waals surface area contributed by atoms with E-state index in [4.69, 9.17) is 0 Å². The highest BCUT2D eigenvalue weighted by atomic mass is 15.2. The average molecular weight is 897 g/mol. The molecule has 6 aromatic rings. The Hall–Kier alpha value is -5.28. The van der Waals surface area contributed by atoms with Gasteiger partial charge in [-0.1, -0.05) is 144 Å². The Morgan fingerprint density at radius 2 is 1.01 bits per heavy atom. The Balaban J connectivity index is 1.27. The fourth-order valence-electron chi connectivity index (χ4n) is 13.1. The monoisotopic (exact) mass is 897 g/mol. The highest BCUT2D eigenvalue weighted by molar-refractivity contribution is 6.74.